The van der Waals surface area contributed by atoms with Crippen LogP contribution < -0.4 is 14.4 Å². The highest BCUT2D eigenvalue weighted by Crippen LogP contribution is 2.58. The molecule has 172 valence electrons. The monoisotopic (exact) mass is 470 g/mol. The molecule has 0 radical (unpaired) electrons. The van der Waals surface area contributed by atoms with Gasteiger partial charge in [-0.1, -0.05) is 17.7 Å². The van der Waals surface area contributed by atoms with E-state index in [1.165, 1.54) is 4.90 Å². The number of esters is 1. The molecule has 3 aliphatic heterocycles. The van der Waals surface area contributed by atoms with Crippen LogP contribution in [0.4, 0.5) is 10.5 Å². The molecule has 0 spiro atoms. The Balaban J connectivity index is 1.68. The molecular formula is C24H23ClN2O6. The second-order valence-electron chi connectivity index (χ2n) is 8.47. The zero-order valence-electron chi connectivity index (χ0n) is 18.4. The van der Waals surface area contributed by atoms with E-state index in [0.717, 1.165) is 10.5 Å². The third-order valence-electron chi connectivity index (χ3n) is 6.83. The Morgan fingerprint density at radius 3 is 2.73 bits per heavy atom. The molecule has 33 heavy (non-hydrogen) atoms. The number of carbonyl (C=O) groups is 3. The predicted octanol–water partition coefficient (Wildman–Crippen LogP) is 3.82. The number of urea groups is 1. The highest BCUT2D eigenvalue weighted by Gasteiger charge is 2.72. The molecule has 2 aromatic carbocycles. The Labute approximate surface area is 195 Å². The van der Waals surface area contributed by atoms with Crippen LogP contribution in [0.1, 0.15) is 25.5 Å². The summed E-state index contributed by atoms with van der Waals surface area (Å²) in [4.78, 5) is 43.5. The Kier molecular flexibility index (Phi) is 5.01. The number of halogens is 1. The van der Waals surface area contributed by atoms with Crippen molar-refractivity contribution in [1.29, 1.82) is 0 Å². The maximum atomic E-state index is 13.9. The number of nitrogens with zero attached hydrogens (tertiary/aromatic N) is 2. The van der Waals surface area contributed by atoms with Crippen LogP contribution in [0.15, 0.2) is 42.5 Å². The molecule has 9 heteroatoms. The molecular weight excluding hydrogens is 448 g/mol. The van der Waals surface area contributed by atoms with Gasteiger partial charge in [-0.2, -0.15) is 0 Å². The van der Waals surface area contributed by atoms with Crippen molar-refractivity contribution in [3.8, 4) is 11.5 Å². The number of anilines is 1. The minimum Gasteiger partial charge on any atom is -0.497 e. The van der Waals surface area contributed by atoms with Crippen molar-refractivity contribution >= 4 is 35.2 Å². The number of amides is 3. The molecule has 2 aromatic rings. The fraction of sp³-hybridized carbons (Fsp3) is 0.375. The number of rotatable bonds is 4. The highest BCUT2D eigenvalue weighted by molar-refractivity contribution is 6.31. The molecule has 2 fully saturated rings. The Bertz CT molecular complexity index is 1170. The van der Waals surface area contributed by atoms with Gasteiger partial charge in [0.15, 0.2) is 0 Å². The fourth-order valence-electron chi connectivity index (χ4n) is 5.44. The lowest BCUT2D eigenvalue weighted by Crippen LogP contribution is -2.51. The molecule has 4 atom stereocenters. The smallest absolute Gasteiger partial charge is 0.332 e. The first-order valence-electron chi connectivity index (χ1n) is 10.7. The molecule has 8 nitrogen and oxygen atoms in total. The minimum absolute atomic E-state index is 0.164. The first-order chi connectivity index (χ1) is 15.8. The summed E-state index contributed by atoms with van der Waals surface area (Å²) in [6.07, 6.45) is 0. The zero-order chi connectivity index (χ0) is 23.5. The van der Waals surface area contributed by atoms with Gasteiger partial charge in [0.25, 0.3) is 5.91 Å². The van der Waals surface area contributed by atoms with Crippen molar-refractivity contribution in [3.05, 3.63) is 53.1 Å². The molecule has 3 amide bonds. The lowest BCUT2D eigenvalue weighted by molar-refractivity contribution is -0.154. The quantitative estimate of drug-likeness (QED) is 0.499. The molecule has 3 heterocycles. The summed E-state index contributed by atoms with van der Waals surface area (Å²) >= 11 is 6.14. The molecule has 3 unspecified atom stereocenters. The molecule has 5 rings (SSSR count). The molecule has 0 bridgehead atoms. The Hall–Kier alpha value is -3.26. The molecule has 0 N–H and O–H groups in total. The van der Waals surface area contributed by atoms with Gasteiger partial charge >= 0.3 is 12.0 Å². The van der Waals surface area contributed by atoms with E-state index in [9.17, 15) is 14.4 Å². The van der Waals surface area contributed by atoms with Crippen LogP contribution in [0.25, 0.3) is 0 Å². The second kappa shape index (κ2) is 7.66. The average molecular weight is 471 g/mol. The van der Waals surface area contributed by atoms with Gasteiger partial charge in [-0.15, -0.1) is 0 Å². The second-order valence-corrected chi connectivity index (χ2v) is 8.91. The lowest BCUT2D eigenvalue weighted by Gasteiger charge is -2.34. The van der Waals surface area contributed by atoms with Gasteiger partial charge in [-0.3, -0.25) is 9.59 Å². The number of fused-ring (bicyclic) bond motifs is 5. The largest absolute Gasteiger partial charge is 0.497 e. The molecule has 2 saturated heterocycles. The third kappa shape index (κ3) is 2.93. The van der Waals surface area contributed by atoms with E-state index in [0.29, 0.717) is 22.2 Å². The van der Waals surface area contributed by atoms with Crippen molar-refractivity contribution < 1.29 is 28.6 Å². The summed E-state index contributed by atoms with van der Waals surface area (Å²) in [6.45, 7) is 3.68. The third-order valence-corrected chi connectivity index (χ3v) is 7.06. The maximum Gasteiger partial charge on any atom is 0.332 e. The van der Waals surface area contributed by atoms with E-state index >= 15 is 0 Å². The number of benzene rings is 2. The van der Waals surface area contributed by atoms with Crippen LogP contribution in [0, 0.1) is 11.8 Å². The zero-order valence-corrected chi connectivity index (χ0v) is 19.2. The number of ether oxygens (including phenoxy) is 3. The number of methoxy groups -OCH3 is 1. The maximum absolute atomic E-state index is 13.9. The van der Waals surface area contributed by atoms with Crippen LogP contribution in [0.2, 0.25) is 5.02 Å². The van der Waals surface area contributed by atoms with E-state index in [-0.39, 0.29) is 13.2 Å². The summed E-state index contributed by atoms with van der Waals surface area (Å²) in [5.74, 6) is -1.17. The highest BCUT2D eigenvalue weighted by atomic mass is 35.5. The predicted molar refractivity (Wildman–Crippen MR) is 119 cm³/mol. The van der Waals surface area contributed by atoms with Crippen molar-refractivity contribution in [2.45, 2.75) is 25.4 Å². The van der Waals surface area contributed by atoms with Crippen molar-refractivity contribution in [2.75, 3.05) is 25.2 Å². The topological polar surface area (TPSA) is 85.4 Å². The van der Waals surface area contributed by atoms with Gasteiger partial charge in [-0.25, -0.2) is 9.69 Å². The summed E-state index contributed by atoms with van der Waals surface area (Å²) in [5.41, 5.74) is -0.361. The Morgan fingerprint density at radius 2 is 2.03 bits per heavy atom. The summed E-state index contributed by atoms with van der Waals surface area (Å²) in [6, 6.07) is 10.8. The van der Waals surface area contributed by atoms with Gasteiger partial charge in [-0.05, 0) is 44.2 Å². The molecule has 3 aliphatic rings. The lowest BCUT2D eigenvalue weighted by atomic mass is 9.77. The van der Waals surface area contributed by atoms with E-state index in [1.807, 2.05) is 6.07 Å². The van der Waals surface area contributed by atoms with Gasteiger partial charge in [0.2, 0.25) is 0 Å². The van der Waals surface area contributed by atoms with Crippen LogP contribution in [-0.4, -0.2) is 48.7 Å². The number of imide groups is 1. The van der Waals surface area contributed by atoms with Gasteiger partial charge in [0, 0.05) is 22.6 Å². The van der Waals surface area contributed by atoms with Gasteiger partial charge in [0.05, 0.1) is 38.0 Å². The van der Waals surface area contributed by atoms with E-state index in [4.69, 9.17) is 25.8 Å². The van der Waals surface area contributed by atoms with Crippen molar-refractivity contribution in [2.24, 2.45) is 11.8 Å². The molecule has 0 aliphatic carbocycles. The van der Waals surface area contributed by atoms with Crippen LogP contribution in [0.3, 0.4) is 0 Å². The number of hydrogen-bond acceptors (Lipinski definition) is 6. The summed E-state index contributed by atoms with van der Waals surface area (Å²) in [7, 11) is 1.56. The van der Waals surface area contributed by atoms with Crippen LogP contribution in [-0.2, 0) is 14.3 Å². The first-order valence-corrected chi connectivity index (χ1v) is 11.1. The van der Waals surface area contributed by atoms with Gasteiger partial charge < -0.3 is 19.1 Å². The standard InChI is InChI=1S/C24H23ClN2O6/c1-4-32-21(28)19-17-12-33-18-11-15(31-3)8-9-16(18)20(17)27-23(30)26(22(29)24(19,27)2)14-7-5-6-13(25)10-14/h5-11,17,19-20H,4,12H2,1-3H3/t17?,19?,20?,24-/m0/s1. The minimum atomic E-state index is -1.44. The fourth-order valence-corrected chi connectivity index (χ4v) is 5.62. The summed E-state index contributed by atoms with van der Waals surface area (Å²) < 4.78 is 16.7. The first kappa shape index (κ1) is 21.6. The van der Waals surface area contributed by atoms with Crippen molar-refractivity contribution in [1.82, 2.24) is 4.90 Å². The van der Waals surface area contributed by atoms with Gasteiger partial charge in [0.1, 0.15) is 17.0 Å². The molecule has 0 saturated carbocycles. The number of carbonyl (C=O) groups excluding carboxylic acids is 3. The van der Waals surface area contributed by atoms with E-state index in [2.05, 4.69) is 0 Å². The van der Waals surface area contributed by atoms with Crippen LogP contribution in [0.5, 0.6) is 11.5 Å². The Morgan fingerprint density at radius 1 is 1.24 bits per heavy atom. The van der Waals surface area contributed by atoms with Crippen molar-refractivity contribution in [3.63, 3.8) is 0 Å². The number of hydrogen-bond donors (Lipinski definition) is 0. The summed E-state index contributed by atoms with van der Waals surface area (Å²) in [5, 5.41) is 0.397. The van der Waals surface area contributed by atoms with E-state index in [1.54, 1.807) is 57.4 Å². The van der Waals surface area contributed by atoms with E-state index < -0.39 is 41.3 Å². The van der Waals surface area contributed by atoms with Crippen LogP contribution >= 0.6 is 11.6 Å². The average Bonchev–Trinajstić information content (AvgIpc) is 3.18. The molecule has 0 aromatic heterocycles. The normalized spacial score (nSPS) is 27.6. The SMILES string of the molecule is CCOC(=O)C1C2COc3cc(OC)ccc3C2N2C(=O)N(c3cccc(Cl)c3)C(=O)[C@]12C.